The van der Waals surface area contributed by atoms with Crippen molar-refractivity contribution in [3.05, 3.63) is 62.3 Å². The second-order valence-corrected chi connectivity index (χ2v) is 7.43. The molecule has 5 heteroatoms. The van der Waals surface area contributed by atoms with Gasteiger partial charge in [0.05, 0.1) is 17.8 Å². The summed E-state index contributed by atoms with van der Waals surface area (Å²) in [7, 11) is 0. The topological polar surface area (TPSA) is 48.9 Å². The van der Waals surface area contributed by atoms with Gasteiger partial charge in [-0.25, -0.2) is 4.98 Å². The molecule has 0 unspecified atom stereocenters. The van der Waals surface area contributed by atoms with E-state index in [0.29, 0.717) is 0 Å². The lowest BCUT2D eigenvalue weighted by Gasteiger charge is -2.09. The number of fused-ring (bicyclic) bond motifs is 2. The Morgan fingerprint density at radius 1 is 1.13 bits per heavy atom. The maximum atomic E-state index is 9.76. The molecule has 23 heavy (non-hydrogen) atoms. The first-order valence-electron chi connectivity index (χ1n) is 7.13. The van der Waals surface area contributed by atoms with Crippen LogP contribution in [-0.2, 0) is 6.61 Å². The molecule has 0 aliphatic carbocycles. The zero-order valence-corrected chi connectivity index (χ0v) is 15.7. The van der Waals surface area contributed by atoms with E-state index in [9.17, 15) is 5.11 Å². The molecule has 2 aromatic carbocycles. The Bertz CT molecular complexity index is 1040. The lowest BCUT2D eigenvalue weighted by Crippen LogP contribution is -1.94. The number of para-hydroxylation sites is 1. The number of rotatable bonds is 2. The molecule has 0 fully saturated rings. The average molecular weight is 479 g/mol. The van der Waals surface area contributed by atoms with Crippen molar-refractivity contribution >= 4 is 60.3 Å². The number of hydrogen-bond acceptors (Lipinski definition) is 2. The third-order valence-electron chi connectivity index (χ3n) is 3.97. The quantitative estimate of drug-likeness (QED) is 0.387. The van der Waals surface area contributed by atoms with Crippen molar-refractivity contribution in [2.75, 3.05) is 0 Å². The van der Waals surface area contributed by atoms with Crippen LogP contribution in [0.2, 0.25) is 0 Å². The zero-order chi connectivity index (χ0) is 16.0. The van der Waals surface area contributed by atoms with Crippen LogP contribution in [0, 0.1) is 3.57 Å². The van der Waals surface area contributed by atoms with E-state index < -0.39 is 0 Å². The molecule has 0 atom stereocenters. The molecule has 4 rings (SSSR count). The third-order valence-corrected chi connectivity index (χ3v) is 5.33. The number of nitrogens with zero attached hydrogens (tertiary/aromatic N) is 1. The Kier molecular flexibility index (Phi) is 3.87. The first kappa shape index (κ1) is 15.1. The highest BCUT2D eigenvalue weighted by Gasteiger charge is 2.12. The number of nitrogens with one attached hydrogen (secondary N) is 1. The van der Waals surface area contributed by atoms with Crippen molar-refractivity contribution < 1.29 is 5.11 Å². The van der Waals surface area contributed by atoms with E-state index in [2.05, 4.69) is 49.6 Å². The average Bonchev–Trinajstić information content (AvgIpc) is 2.97. The van der Waals surface area contributed by atoms with E-state index >= 15 is 0 Å². The van der Waals surface area contributed by atoms with Gasteiger partial charge in [-0.05, 0) is 58.5 Å². The molecule has 0 saturated carbocycles. The van der Waals surface area contributed by atoms with Gasteiger partial charge in [-0.1, -0.05) is 28.1 Å². The molecule has 3 nitrogen and oxygen atoms in total. The van der Waals surface area contributed by atoms with Gasteiger partial charge in [-0.15, -0.1) is 0 Å². The van der Waals surface area contributed by atoms with Gasteiger partial charge in [0.2, 0.25) is 0 Å². The second kappa shape index (κ2) is 5.89. The molecule has 0 saturated heterocycles. The van der Waals surface area contributed by atoms with Crippen LogP contribution in [0.5, 0.6) is 0 Å². The van der Waals surface area contributed by atoms with E-state index in [0.717, 1.165) is 46.7 Å². The van der Waals surface area contributed by atoms with Crippen LogP contribution >= 0.6 is 38.5 Å². The lowest BCUT2D eigenvalue weighted by molar-refractivity contribution is 0.283. The Hall–Kier alpha value is -1.44. The molecule has 2 heterocycles. The minimum absolute atomic E-state index is 0.00182. The summed E-state index contributed by atoms with van der Waals surface area (Å²) in [6.07, 6.45) is 1.97. The molecule has 2 N–H and O–H groups in total. The van der Waals surface area contributed by atoms with Crippen molar-refractivity contribution in [2.45, 2.75) is 6.61 Å². The first-order valence-corrected chi connectivity index (χ1v) is 9.00. The molecule has 0 radical (unpaired) electrons. The van der Waals surface area contributed by atoms with Gasteiger partial charge in [-0.2, -0.15) is 0 Å². The predicted octanol–water partition coefficient (Wildman–Crippen LogP) is 5.24. The van der Waals surface area contributed by atoms with E-state index in [4.69, 9.17) is 4.98 Å². The normalized spacial score (nSPS) is 11.4. The fourth-order valence-corrected chi connectivity index (χ4v) is 3.84. The Labute approximate surface area is 155 Å². The first-order chi connectivity index (χ1) is 11.2. The van der Waals surface area contributed by atoms with Gasteiger partial charge >= 0.3 is 0 Å². The highest BCUT2D eigenvalue weighted by molar-refractivity contribution is 14.1. The Morgan fingerprint density at radius 3 is 2.83 bits per heavy atom. The van der Waals surface area contributed by atoms with E-state index in [1.54, 1.807) is 0 Å². The second-order valence-electron chi connectivity index (χ2n) is 5.35. The van der Waals surface area contributed by atoms with Gasteiger partial charge in [0.25, 0.3) is 0 Å². The number of halogens is 2. The van der Waals surface area contributed by atoms with Gasteiger partial charge < -0.3 is 10.1 Å². The van der Waals surface area contributed by atoms with Crippen molar-refractivity contribution in [3.8, 4) is 11.3 Å². The molecule has 0 spiro atoms. The van der Waals surface area contributed by atoms with Crippen LogP contribution in [-0.4, -0.2) is 15.1 Å². The summed E-state index contributed by atoms with van der Waals surface area (Å²) in [4.78, 5) is 8.14. The lowest BCUT2D eigenvalue weighted by atomic mass is 10.0. The molecule has 0 aliphatic heterocycles. The number of aliphatic hydroxyl groups excluding tert-OH is 1. The fraction of sp³-hybridized carbons (Fsp3) is 0.0556. The van der Waals surface area contributed by atoms with Crippen LogP contribution in [0.3, 0.4) is 0 Å². The smallest absolute Gasteiger partial charge is 0.0846 e. The highest BCUT2D eigenvalue weighted by atomic mass is 127. The number of H-pyrrole nitrogens is 1. The minimum Gasteiger partial charge on any atom is -0.392 e. The maximum absolute atomic E-state index is 9.76. The van der Waals surface area contributed by atoms with Gasteiger partial charge in [0.1, 0.15) is 0 Å². The van der Waals surface area contributed by atoms with Crippen LogP contribution in [0.25, 0.3) is 33.1 Å². The van der Waals surface area contributed by atoms with Gasteiger partial charge in [0, 0.05) is 36.1 Å². The van der Waals surface area contributed by atoms with Crippen LogP contribution in [0.1, 0.15) is 5.56 Å². The summed E-state index contributed by atoms with van der Waals surface area (Å²) < 4.78 is 2.11. The van der Waals surface area contributed by atoms with E-state index in [1.165, 1.54) is 0 Å². The van der Waals surface area contributed by atoms with Crippen molar-refractivity contribution in [2.24, 2.45) is 0 Å². The molecule has 2 aromatic heterocycles. The standard InChI is InChI=1S/C18H12BrIN2O/c19-11-4-5-16-13(7-11)14(8-21-16)17-6-10(9-23)12-2-1-3-15(20)18(12)22-17/h1-8,21,23H,9H2. The third kappa shape index (κ3) is 2.56. The van der Waals surface area contributed by atoms with Crippen molar-refractivity contribution in [1.82, 2.24) is 9.97 Å². The van der Waals surface area contributed by atoms with Crippen molar-refractivity contribution in [3.63, 3.8) is 0 Å². The summed E-state index contributed by atoms with van der Waals surface area (Å²) in [6, 6.07) is 14.1. The predicted molar refractivity (Wildman–Crippen MR) is 105 cm³/mol. The van der Waals surface area contributed by atoms with Crippen LogP contribution in [0.4, 0.5) is 0 Å². The number of pyridine rings is 1. The molecule has 0 amide bonds. The van der Waals surface area contributed by atoms with Crippen LogP contribution < -0.4 is 0 Å². The molecular formula is C18H12BrIN2O. The van der Waals surface area contributed by atoms with Gasteiger partial charge in [0.15, 0.2) is 0 Å². The fourth-order valence-electron chi connectivity index (χ4n) is 2.86. The molecule has 0 aliphatic rings. The Morgan fingerprint density at radius 2 is 2.00 bits per heavy atom. The molecular weight excluding hydrogens is 467 g/mol. The molecule has 0 bridgehead atoms. The highest BCUT2D eigenvalue weighted by Crippen LogP contribution is 2.33. The number of benzene rings is 2. The van der Waals surface area contributed by atoms with Crippen LogP contribution in [0.15, 0.2) is 53.1 Å². The number of aliphatic hydroxyl groups is 1. The minimum atomic E-state index is -0.00182. The maximum Gasteiger partial charge on any atom is 0.0846 e. The van der Waals surface area contributed by atoms with E-state index in [-0.39, 0.29) is 6.61 Å². The summed E-state index contributed by atoms with van der Waals surface area (Å²) in [5.41, 5.74) is 4.80. The number of aromatic amines is 1. The number of aromatic nitrogens is 2. The summed E-state index contributed by atoms with van der Waals surface area (Å²) in [6.45, 7) is -0.00182. The monoisotopic (exact) mass is 478 g/mol. The van der Waals surface area contributed by atoms with Crippen molar-refractivity contribution in [1.29, 1.82) is 0 Å². The summed E-state index contributed by atoms with van der Waals surface area (Å²) in [5.74, 6) is 0. The number of hydrogen-bond donors (Lipinski definition) is 2. The largest absolute Gasteiger partial charge is 0.392 e. The molecule has 114 valence electrons. The SMILES string of the molecule is OCc1cc(-c2c[nH]c3ccc(Br)cc23)nc2c(I)cccc12. The zero-order valence-electron chi connectivity index (χ0n) is 12.0. The van der Waals surface area contributed by atoms with Gasteiger partial charge in [-0.3, -0.25) is 0 Å². The summed E-state index contributed by atoms with van der Waals surface area (Å²) >= 11 is 5.82. The summed E-state index contributed by atoms with van der Waals surface area (Å²) in [5, 5.41) is 11.9. The van der Waals surface area contributed by atoms with E-state index in [1.807, 2.05) is 42.6 Å². The Balaban J connectivity index is 2.04. The molecule has 4 aromatic rings.